The van der Waals surface area contributed by atoms with Crippen LogP contribution < -0.4 is 5.73 Å². The number of benzene rings is 1. The zero-order valence-electron chi connectivity index (χ0n) is 9.06. The maximum atomic E-state index is 11.0. The van der Waals surface area contributed by atoms with E-state index in [9.17, 15) is 4.79 Å². The van der Waals surface area contributed by atoms with E-state index in [2.05, 4.69) is 16.9 Å². The number of thioether (sulfide) groups is 1. The molecule has 0 aliphatic heterocycles. The van der Waals surface area contributed by atoms with Crippen molar-refractivity contribution in [1.29, 1.82) is 0 Å². The minimum absolute atomic E-state index is 0. The minimum atomic E-state index is -0.524. The molecule has 0 spiro atoms. The summed E-state index contributed by atoms with van der Waals surface area (Å²) in [5.74, 6) is 1.10. The van der Waals surface area contributed by atoms with Gasteiger partial charge in [0.05, 0.1) is 7.11 Å². The van der Waals surface area contributed by atoms with Gasteiger partial charge in [0.15, 0.2) is 0 Å². The molecular weight excluding hydrogens is 309 g/mol. The van der Waals surface area contributed by atoms with Gasteiger partial charge in [-0.1, -0.05) is 30.3 Å². The summed E-state index contributed by atoms with van der Waals surface area (Å²) >= 11 is 1.63. The standard InChI is InChI=1S/C11H15NO2S.Tc/c1-14-11(13)10(12)8-15-7-9-5-3-2-4-6-9;/h2-6,10H,7-8,12H2,1H3;/t10-;/m0./s1/i;1+1. The summed E-state index contributed by atoms with van der Waals surface area (Å²) in [4.78, 5) is 11.0. The molecule has 0 heterocycles. The SMILES string of the molecule is COC(=O)[C@@H](N)CSCc1ccccc1.[99Tc]. The van der Waals surface area contributed by atoms with Crippen LogP contribution in [0.4, 0.5) is 0 Å². The molecule has 0 saturated carbocycles. The van der Waals surface area contributed by atoms with Gasteiger partial charge in [0, 0.05) is 31.6 Å². The fraction of sp³-hybridized carbons (Fsp3) is 0.364. The van der Waals surface area contributed by atoms with Crippen molar-refractivity contribution in [3.05, 3.63) is 35.9 Å². The summed E-state index contributed by atoms with van der Waals surface area (Å²) in [5, 5.41) is 0. The first kappa shape index (κ1) is 15.6. The molecule has 2 N–H and O–H groups in total. The van der Waals surface area contributed by atoms with Gasteiger partial charge in [-0.15, -0.1) is 0 Å². The third-order valence-corrected chi connectivity index (χ3v) is 3.05. The van der Waals surface area contributed by atoms with Crippen molar-refractivity contribution in [1.82, 2.24) is 0 Å². The molecule has 1 aromatic rings. The largest absolute Gasteiger partial charge is 0.468 e. The number of carbonyl (C=O) groups excluding carboxylic acids is 1. The maximum Gasteiger partial charge on any atom is 0.323 e. The van der Waals surface area contributed by atoms with Crippen LogP contribution in [-0.2, 0) is 35.4 Å². The monoisotopic (exact) mass is 324 g/mol. The Morgan fingerprint density at radius 1 is 1.44 bits per heavy atom. The van der Waals surface area contributed by atoms with Crippen LogP contribution in [0.25, 0.3) is 0 Å². The van der Waals surface area contributed by atoms with Crippen LogP contribution in [0.2, 0.25) is 0 Å². The van der Waals surface area contributed by atoms with Gasteiger partial charge in [-0.25, -0.2) is 0 Å². The molecule has 1 atom stereocenters. The summed E-state index contributed by atoms with van der Waals surface area (Å²) in [7, 11) is 1.35. The van der Waals surface area contributed by atoms with E-state index in [4.69, 9.17) is 5.73 Å². The number of carbonyl (C=O) groups is 1. The number of ether oxygens (including phenoxy) is 1. The minimum Gasteiger partial charge on any atom is -0.468 e. The van der Waals surface area contributed by atoms with Gasteiger partial charge in [0.2, 0.25) is 0 Å². The molecule has 0 aliphatic rings. The Hall–Kier alpha value is -0.351. The Kier molecular flexibility index (Phi) is 8.57. The van der Waals surface area contributed by atoms with Crippen LogP contribution in [0.15, 0.2) is 30.3 Å². The summed E-state index contributed by atoms with van der Waals surface area (Å²) < 4.78 is 4.54. The molecule has 0 amide bonds. The van der Waals surface area contributed by atoms with Crippen molar-refractivity contribution in [2.24, 2.45) is 5.73 Å². The quantitative estimate of drug-likeness (QED) is 0.833. The molecule has 1 aromatic carbocycles. The van der Waals surface area contributed by atoms with Gasteiger partial charge in [0.25, 0.3) is 0 Å². The van der Waals surface area contributed by atoms with E-state index in [1.165, 1.54) is 12.7 Å². The molecule has 0 saturated heterocycles. The Balaban J connectivity index is 0.00000225. The van der Waals surface area contributed by atoms with Gasteiger partial charge in [-0.3, -0.25) is 4.79 Å². The molecule has 0 fully saturated rings. The van der Waals surface area contributed by atoms with Crippen LogP contribution in [-0.4, -0.2) is 24.9 Å². The second-order valence-corrected chi connectivity index (χ2v) is 4.16. The zero-order chi connectivity index (χ0) is 11.1. The van der Waals surface area contributed by atoms with E-state index in [-0.39, 0.29) is 26.1 Å². The van der Waals surface area contributed by atoms with Crippen molar-refractivity contribution in [2.75, 3.05) is 12.9 Å². The van der Waals surface area contributed by atoms with Crippen LogP contribution >= 0.6 is 11.8 Å². The van der Waals surface area contributed by atoms with E-state index in [0.29, 0.717) is 5.75 Å². The average Bonchev–Trinajstić information content (AvgIpc) is 2.29. The number of rotatable bonds is 5. The second kappa shape index (κ2) is 8.76. The van der Waals surface area contributed by atoms with Gasteiger partial charge in [-0.05, 0) is 5.56 Å². The molecule has 1 radical (unpaired) electrons. The van der Waals surface area contributed by atoms with Crippen LogP contribution in [0.3, 0.4) is 0 Å². The van der Waals surface area contributed by atoms with Crippen LogP contribution in [0.5, 0.6) is 0 Å². The van der Waals surface area contributed by atoms with Gasteiger partial charge < -0.3 is 10.5 Å². The molecule has 0 aliphatic carbocycles. The smallest absolute Gasteiger partial charge is 0.323 e. The zero-order valence-corrected chi connectivity index (χ0v) is 11.7. The molecule has 5 heteroatoms. The van der Waals surface area contributed by atoms with Gasteiger partial charge in [-0.2, -0.15) is 11.8 Å². The summed E-state index contributed by atoms with van der Waals surface area (Å²) in [6.45, 7) is 0. The molecule has 16 heavy (non-hydrogen) atoms. The summed E-state index contributed by atoms with van der Waals surface area (Å²) in [5.41, 5.74) is 6.83. The van der Waals surface area contributed by atoms with E-state index in [1.54, 1.807) is 11.8 Å². The molecule has 0 bridgehead atoms. The van der Waals surface area contributed by atoms with Crippen LogP contribution in [0.1, 0.15) is 5.56 Å². The van der Waals surface area contributed by atoms with E-state index >= 15 is 0 Å². The van der Waals surface area contributed by atoms with Crippen molar-refractivity contribution >= 4 is 17.7 Å². The maximum absolute atomic E-state index is 11.0. The van der Waals surface area contributed by atoms with Crippen molar-refractivity contribution in [3.8, 4) is 0 Å². The first-order chi connectivity index (χ1) is 7.24. The van der Waals surface area contributed by atoms with Gasteiger partial charge >= 0.3 is 5.97 Å². The average molecular weight is 324 g/mol. The number of methoxy groups -OCH3 is 1. The van der Waals surface area contributed by atoms with Crippen LogP contribution in [0, 0.1) is 0 Å². The predicted molar refractivity (Wildman–Crippen MR) is 62.6 cm³/mol. The van der Waals surface area contributed by atoms with E-state index in [0.717, 1.165) is 5.75 Å². The predicted octanol–water partition coefficient (Wildman–Crippen LogP) is 1.42. The molecule has 3 nitrogen and oxygen atoms in total. The number of hydrogen-bond donors (Lipinski definition) is 1. The summed E-state index contributed by atoms with van der Waals surface area (Å²) in [6.07, 6.45) is 0. The normalized spacial score (nSPS) is 11.4. The third-order valence-electron chi connectivity index (χ3n) is 1.91. The van der Waals surface area contributed by atoms with E-state index < -0.39 is 6.04 Å². The Labute approximate surface area is 113 Å². The Morgan fingerprint density at radius 3 is 2.62 bits per heavy atom. The molecular formula is C11H15NO2STc. The molecule has 89 valence electrons. The molecule has 1 rings (SSSR count). The summed E-state index contributed by atoms with van der Waals surface area (Å²) in [6, 6.07) is 9.55. The third kappa shape index (κ3) is 5.66. The van der Waals surface area contributed by atoms with Crippen molar-refractivity contribution < 1.29 is 29.6 Å². The Bertz CT molecular complexity index is 308. The molecule has 0 unspecified atom stereocenters. The first-order valence-electron chi connectivity index (χ1n) is 4.69. The first-order valence-corrected chi connectivity index (χ1v) is 5.84. The number of nitrogens with two attached hydrogens (primary N) is 1. The van der Waals surface area contributed by atoms with Gasteiger partial charge in [0.1, 0.15) is 6.04 Å². The van der Waals surface area contributed by atoms with Crippen molar-refractivity contribution in [3.63, 3.8) is 0 Å². The molecule has 0 aromatic heterocycles. The fourth-order valence-electron chi connectivity index (χ4n) is 1.10. The van der Waals surface area contributed by atoms with E-state index in [1.807, 2.05) is 18.2 Å². The Morgan fingerprint density at radius 2 is 2.06 bits per heavy atom. The van der Waals surface area contributed by atoms with Crippen molar-refractivity contribution in [2.45, 2.75) is 11.8 Å². The second-order valence-electron chi connectivity index (χ2n) is 3.13. The number of hydrogen-bond acceptors (Lipinski definition) is 4. The topological polar surface area (TPSA) is 52.3 Å². The fourth-order valence-corrected chi connectivity index (χ4v) is 2.03. The number of esters is 1.